The van der Waals surface area contributed by atoms with Crippen molar-refractivity contribution in [3.8, 4) is 0 Å². The van der Waals surface area contributed by atoms with Crippen molar-refractivity contribution in [2.24, 2.45) is 16.7 Å². The molecule has 1 spiro atoms. The van der Waals surface area contributed by atoms with Gasteiger partial charge in [0.25, 0.3) is 0 Å². The van der Waals surface area contributed by atoms with Gasteiger partial charge >= 0.3 is 5.97 Å². The van der Waals surface area contributed by atoms with Gasteiger partial charge in [-0.2, -0.15) is 0 Å². The van der Waals surface area contributed by atoms with Gasteiger partial charge < -0.3 is 40.0 Å². The molecule has 0 radical (unpaired) electrons. The Morgan fingerprint density at radius 3 is 2.50 bits per heavy atom. The second-order valence-corrected chi connectivity index (χ2v) is 12.0. The Balaban J connectivity index is 1.68. The van der Waals surface area contributed by atoms with Crippen LogP contribution in [0.1, 0.15) is 63.9 Å². The van der Waals surface area contributed by atoms with E-state index < -0.39 is 62.6 Å². The monoisotopic (exact) mass is 475 g/mol. The zero-order valence-electron chi connectivity index (χ0n) is 19.9. The quantitative estimate of drug-likeness (QED) is 0.277. The van der Waals surface area contributed by atoms with E-state index in [2.05, 4.69) is 11.6 Å². The van der Waals surface area contributed by atoms with Crippen molar-refractivity contribution < 1.29 is 39.8 Å². The first kappa shape index (κ1) is 22.7. The zero-order chi connectivity index (χ0) is 25.0. The zero-order valence-corrected chi connectivity index (χ0v) is 19.9. The lowest BCUT2D eigenvalue weighted by molar-refractivity contribution is -0.374. The minimum absolute atomic E-state index is 0.0126. The van der Waals surface area contributed by atoms with Crippen LogP contribution < -0.4 is 0 Å². The van der Waals surface area contributed by atoms with Crippen LogP contribution in [-0.2, 0) is 9.47 Å². The van der Waals surface area contributed by atoms with E-state index >= 15 is 0 Å². The number of aromatic nitrogens is 1. The third kappa shape index (κ3) is 1.62. The van der Waals surface area contributed by atoms with Crippen molar-refractivity contribution >= 4 is 5.97 Å². The first-order chi connectivity index (χ1) is 15.6. The summed E-state index contributed by atoms with van der Waals surface area (Å²) in [6.45, 7) is 10.5. The van der Waals surface area contributed by atoms with Crippen LogP contribution in [0.2, 0.25) is 0 Å². The van der Waals surface area contributed by atoms with Gasteiger partial charge in [-0.25, -0.2) is 4.79 Å². The minimum Gasteiger partial charge on any atom is -0.451 e. The summed E-state index contributed by atoms with van der Waals surface area (Å²) in [5, 5.41) is 62.2. The Labute approximate surface area is 197 Å². The van der Waals surface area contributed by atoms with Gasteiger partial charge in [0.2, 0.25) is 0 Å². The Hall–Kier alpha value is -1.75. The molecular formula is C25H33NO8. The van der Waals surface area contributed by atoms with Gasteiger partial charge in [0, 0.05) is 24.5 Å². The number of ether oxygens (including phenoxy) is 2. The molecule has 9 heteroatoms. The van der Waals surface area contributed by atoms with Crippen LogP contribution in [0.15, 0.2) is 30.5 Å². The average molecular weight is 476 g/mol. The molecule has 6 N–H and O–H groups in total. The maximum atomic E-state index is 13.1. The van der Waals surface area contributed by atoms with Crippen molar-refractivity contribution in [2.45, 2.75) is 93.3 Å². The summed E-state index contributed by atoms with van der Waals surface area (Å²) in [6.07, 6.45) is 0.178. The van der Waals surface area contributed by atoms with Gasteiger partial charge in [0.05, 0.1) is 5.41 Å². The van der Waals surface area contributed by atoms with Crippen LogP contribution in [0.3, 0.4) is 0 Å². The van der Waals surface area contributed by atoms with Crippen LogP contribution in [-0.4, -0.2) is 76.4 Å². The van der Waals surface area contributed by atoms with Gasteiger partial charge in [-0.05, 0) is 37.8 Å². The summed E-state index contributed by atoms with van der Waals surface area (Å²) in [7, 11) is 0. The molecule has 2 saturated heterocycles. The number of esters is 1. The molecule has 6 aliphatic rings. The molecule has 7 rings (SSSR count). The Bertz CT molecular complexity index is 1140. The Morgan fingerprint density at radius 2 is 1.91 bits per heavy atom. The van der Waals surface area contributed by atoms with E-state index in [1.807, 2.05) is 0 Å². The highest BCUT2D eigenvalue weighted by atomic mass is 16.7. The van der Waals surface area contributed by atoms with Crippen LogP contribution in [0.25, 0.3) is 0 Å². The van der Waals surface area contributed by atoms with Gasteiger partial charge in [-0.1, -0.05) is 32.9 Å². The predicted octanol–water partition coefficient (Wildman–Crippen LogP) is 0.762. The highest BCUT2D eigenvalue weighted by molar-refractivity contribution is 5.87. The minimum atomic E-state index is -2.37. The maximum Gasteiger partial charge on any atom is 0.355 e. The highest BCUT2D eigenvalue weighted by Gasteiger charge is 3.09. The third-order valence-electron chi connectivity index (χ3n) is 10.8. The molecule has 0 amide bonds. The van der Waals surface area contributed by atoms with Gasteiger partial charge in [0.15, 0.2) is 11.9 Å². The molecule has 1 aromatic heterocycles. The molecule has 0 unspecified atom stereocenters. The van der Waals surface area contributed by atoms with E-state index in [-0.39, 0.29) is 25.0 Å². The smallest absolute Gasteiger partial charge is 0.355 e. The SMILES string of the molecule is C=C1CC[C@]2(O)[C@]3(C)C[C@]4(O)O[C@@]2(C1)[C@]1(O)[C@@]3(O)[C@H](OC(=O)c2ccc[nH]2)[C@](O)(C(C)C)[C@]14C. The maximum absolute atomic E-state index is 13.1. The van der Waals surface area contributed by atoms with Crippen LogP contribution >= 0.6 is 0 Å². The molecule has 4 aliphatic carbocycles. The first-order valence-corrected chi connectivity index (χ1v) is 11.9. The summed E-state index contributed by atoms with van der Waals surface area (Å²) in [6, 6.07) is 3.11. The van der Waals surface area contributed by atoms with Crippen molar-refractivity contribution in [2.75, 3.05) is 0 Å². The third-order valence-corrected chi connectivity index (χ3v) is 10.8. The summed E-state index contributed by atoms with van der Waals surface area (Å²) >= 11 is 0. The largest absolute Gasteiger partial charge is 0.451 e. The Morgan fingerprint density at radius 1 is 1.24 bits per heavy atom. The van der Waals surface area contributed by atoms with Gasteiger partial charge in [0.1, 0.15) is 33.7 Å². The average Bonchev–Trinajstić information content (AvgIpc) is 3.37. The molecule has 6 fully saturated rings. The fourth-order valence-electron chi connectivity index (χ4n) is 9.29. The Kier molecular flexibility index (Phi) is 3.76. The summed E-state index contributed by atoms with van der Waals surface area (Å²) in [5.74, 6) is -3.63. The fraction of sp³-hybridized carbons (Fsp3) is 0.720. The number of nitrogens with one attached hydrogen (secondary N) is 1. The normalized spacial score (nSPS) is 56.9. The molecule has 1 aromatic rings. The molecule has 186 valence electrons. The number of rotatable bonds is 3. The lowest BCUT2D eigenvalue weighted by Gasteiger charge is -2.59. The van der Waals surface area contributed by atoms with Gasteiger partial charge in [-0.15, -0.1) is 0 Å². The second kappa shape index (κ2) is 5.63. The molecule has 3 heterocycles. The summed E-state index contributed by atoms with van der Waals surface area (Å²) in [4.78, 5) is 15.9. The molecule has 34 heavy (non-hydrogen) atoms. The first-order valence-electron chi connectivity index (χ1n) is 11.9. The van der Waals surface area contributed by atoms with Crippen LogP contribution in [0.5, 0.6) is 0 Å². The number of aliphatic hydroxyl groups is 5. The van der Waals surface area contributed by atoms with Crippen molar-refractivity contribution in [1.82, 2.24) is 4.98 Å². The van der Waals surface area contributed by atoms with E-state index in [0.717, 1.165) is 0 Å². The lowest BCUT2D eigenvalue weighted by atomic mass is 9.52. The lowest BCUT2D eigenvalue weighted by Crippen LogP contribution is -2.73. The van der Waals surface area contributed by atoms with Crippen molar-refractivity contribution in [3.05, 3.63) is 36.2 Å². The molecule has 9 atom stereocenters. The number of H-pyrrole nitrogens is 1. The fourth-order valence-corrected chi connectivity index (χ4v) is 9.29. The summed E-state index contributed by atoms with van der Waals surface area (Å²) < 4.78 is 12.2. The molecule has 6 bridgehead atoms. The molecule has 9 nitrogen and oxygen atoms in total. The van der Waals surface area contributed by atoms with Gasteiger partial charge in [-0.3, -0.25) is 0 Å². The highest BCUT2D eigenvalue weighted by Crippen LogP contribution is 2.90. The number of carbonyl (C=O) groups is 1. The number of carbonyl (C=O) groups excluding carboxylic acids is 1. The number of hydrogen-bond acceptors (Lipinski definition) is 8. The van der Waals surface area contributed by atoms with Crippen molar-refractivity contribution in [1.29, 1.82) is 0 Å². The van der Waals surface area contributed by atoms with E-state index in [1.165, 1.54) is 13.0 Å². The van der Waals surface area contributed by atoms with Crippen molar-refractivity contribution in [3.63, 3.8) is 0 Å². The standard InChI is InChI=1S/C25H33NO8/c1-13(2)23(30)17(33-16(27)15-7-6-10-26-15)24(31)18(4)12-22(29)19(23,5)25(24,32)21(34-22)11-14(3)8-9-20(18,21)28/h6-7,10,13,17,26,28-32H,3,8-9,11-12H2,1-2,4-5H3/t17-,18+,19-,20+,21-,22+,23-,24-,25+/m1/s1. The molecule has 4 saturated carbocycles. The van der Waals surface area contributed by atoms with E-state index in [4.69, 9.17) is 9.47 Å². The molecule has 2 aliphatic heterocycles. The predicted molar refractivity (Wildman–Crippen MR) is 117 cm³/mol. The van der Waals surface area contributed by atoms with E-state index in [0.29, 0.717) is 12.0 Å². The second-order valence-electron chi connectivity index (χ2n) is 12.0. The number of aromatic amines is 1. The molecular weight excluding hydrogens is 442 g/mol. The summed E-state index contributed by atoms with van der Waals surface area (Å²) in [5.41, 5.74) is -13.2. The van der Waals surface area contributed by atoms with E-state index in [9.17, 15) is 30.3 Å². The topological polar surface area (TPSA) is 152 Å². The van der Waals surface area contributed by atoms with Crippen LogP contribution in [0.4, 0.5) is 0 Å². The van der Waals surface area contributed by atoms with E-state index in [1.54, 1.807) is 33.0 Å². The molecule has 0 aromatic carbocycles. The van der Waals surface area contributed by atoms with Crippen LogP contribution in [0, 0.1) is 16.7 Å². The number of hydrogen-bond donors (Lipinski definition) is 6.